The van der Waals surface area contributed by atoms with Crippen LogP contribution in [0.4, 0.5) is 10.5 Å². The van der Waals surface area contributed by atoms with Crippen molar-refractivity contribution in [1.82, 2.24) is 0 Å². The molecule has 0 radical (unpaired) electrons. The molecule has 2 N–H and O–H groups in total. The van der Waals surface area contributed by atoms with E-state index in [1.807, 2.05) is 0 Å². The number of nitrogens with zero attached hydrogens (tertiary/aromatic N) is 1. The molecule has 1 saturated heterocycles. The van der Waals surface area contributed by atoms with Crippen LogP contribution in [0, 0.1) is 10.1 Å². The SMILES string of the molecule is NS(=O)(=O)OC[C@H]1OC(=O)O[C@@H]1c1ccccc1[N+](=O)[O-]. The highest BCUT2D eigenvalue weighted by Crippen LogP contribution is 2.35. The van der Waals surface area contributed by atoms with Crippen molar-refractivity contribution < 1.29 is 31.8 Å². The van der Waals surface area contributed by atoms with Crippen molar-refractivity contribution in [3.05, 3.63) is 39.9 Å². The van der Waals surface area contributed by atoms with Gasteiger partial charge in [-0.3, -0.25) is 14.3 Å². The van der Waals surface area contributed by atoms with Crippen molar-refractivity contribution in [1.29, 1.82) is 0 Å². The number of nitro benzene ring substituents is 1. The summed E-state index contributed by atoms with van der Waals surface area (Å²) in [5, 5.41) is 15.6. The highest BCUT2D eigenvalue weighted by molar-refractivity contribution is 7.84. The van der Waals surface area contributed by atoms with Gasteiger partial charge in [0.1, 0.15) is 6.61 Å². The number of cyclic esters (lactones) is 2. The third-order valence-corrected chi connectivity index (χ3v) is 3.11. The Morgan fingerprint density at radius 1 is 1.33 bits per heavy atom. The van der Waals surface area contributed by atoms with Gasteiger partial charge in [-0.1, -0.05) is 12.1 Å². The molecule has 10 nitrogen and oxygen atoms in total. The normalized spacial score (nSPS) is 21.7. The molecule has 0 unspecified atom stereocenters. The average Bonchev–Trinajstić information content (AvgIpc) is 2.76. The summed E-state index contributed by atoms with van der Waals surface area (Å²) >= 11 is 0. The van der Waals surface area contributed by atoms with Gasteiger partial charge in [0.05, 0.1) is 10.5 Å². The molecule has 1 heterocycles. The summed E-state index contributed by atoms with van der Waals surface area (Å²) in [7, 11) is -4.24. The zero-order valence-electron chi connectivity index (χ0n) is 10.4. The minimum absolute atomic E-state index is 0.0661. The van der Waals surface area contributed by atoms with Crippen LogP contribution in [0.5, 0.6) is 0 Å². The molecule has 0 saturated carbocycles. The first kappa shape index (κ1) is 15.2. The zero-order chi connectivity index (χ0) is 15.6. The van der Waals surface area contributed by atoms with Crippen LogP contribution in [0.2, 0.25) is 0 Å². The van der Waals surface area contributed by atoms with E-state index < -0.39 is 40.2 Å². The maximum Gasteiger partial charge on any atom is 0.509 e. The number of nitro groups is 1. The van der Waals surface area contributed by atoms with Crippen LogP contribution in [0.25, 0.3) is 0 Å². The summed E-state index contributed by atoms with van der Waals surface area (Å²) in [6.45, 7) is -0.610. The van der Waals surface area contributed by atoms with E-state index in [4.69, 9.17) is 9.47 Å². The van der Waals surface area contributed by atoms with Gasteiger partial charge in [-0.2, -0.15) is 8.42 Å². The molecule has 114 valence electrons. The highest BCUT2D eigenvalue weighted by Gasteiger charge is 2.41. The lowest BCUT2D eigenvalue weighted by Gasteiger charge is -2.14. The number of carbonyl (C=O) groups is 1. The van der Waals surface area contributed by atoms with Crippen LogP contribution in [0.1, 0.15) is 11.7 Å². The predicted octanol–water partition coefficient (Wildman–Crippen LogP) is 0.391. The monoisotopic (exact) mass is 318 g/mol. The Labute approximate surface area is 118 Å². The lowest BCUT2D eigenvalue weighted by molar-refractivity contribution is -0.386. The predicted molar refractivity (Wildman–Crippen MR) is 66.3 cm³/mol. The maximum absolute atomic E-state index is 11.2. The summed E-state index contributed by atoms with van der Waals surface area (Å²) in [4.78, 5) is 21.5. The Morgan fingerprint density at radius 3 is 2.62 bits per heavy atom. The minimum atomic E-state index is -4.24. The first-order valence-electron chi connectivity index (χ1n) is 5.55. The van der Waals surface area contributed by atoms with Crippen LogP contribution >= 0.6 is 0 Å². The van der Waals surface area contributed by atoms with Crippen molar-refractivity contribution in [2.75, 3.05) is 6.61 Å². The lowest BCUT2D eigenvalue weighted by atomic mass is 10.0. The van der Waals surface area contributed by atoms with Crippen molar-refractivity contribution in [3.8, 4) is 0 Å². The van der Waals surface area contributed by atoms with Crippen molar-refractivity contribution >= 4 is 22.1 Å². The fourth-order valence-electron chi connectivity index (χ4n) is 1.83. The number of para-hydroxylation sites is 1. The standard InChI is InChI=1S/C10H10N2O8S/c11-21(16,17)18-5-8-9(20-10(13)19-8)6-3-1-2-4-7(6)12(14)15/h1-4,8-9H,5H2,(H2,11,16,17)/t8-,9-/m1/s1. The van der Waals surface area contributed by atoms with Gasteiger partial charge in [-0.25, -0.2) is 9.93 Å². The third kappa shape index (κ3) is 3.65. The second kappa shape index (κ2) is 5.63. The summed E-state index contributed by atoms with van der Waals surface area (Å²) in [6.07, 6.45) is -3.42. The molecule has 0 bridgehead atoms. The number of hydrogen-bond donors (Lipinski definition) is 1. The first-order chi connectivity index (χ1) is 9.78. The zero-order valence-corrected chi connectivity index (χ0v) is 11.2. The number of ether oxygens (including phenoxy) is 2. The van der Waals surface area contributed by atoms with Gasteiger partial charge >= 0.3 is 16.5 Å². The van der Waals surface area contributed by atoms with E-state index in [2.05, 4.69) is 9.32 Å². The van der Waals surface area contributed by atoms with E-state index in [1.54, 1.807) is 0 Å². The molecular formula is C10H10N2O8S. The molecule has 0 aliphatic carbocycles. The summed E-state index contributed by atoms with van der Waals surface area (Å²) in [5.74, 6) is 0. The third-order valence-electron chi connectivity index (χ3n) is 2.65. The molecule has 0 amide bonds. The molecule has 1 aromatic carbocycles. The Balaban J connectivity index is 2.28. The van der Waals surface area contributed by atoms with E-state index >= 15 is 0 Å². The quantitative estimate of drug-likeness (QED) is 0.465. The lowest BCUT2D eigenvalue weighted by Crippen LogP contribution is -2.27. The Bertz CT molecular complexity index is 673. The number of benzene rings is 1. The van der Waals surface area contributed by atoms with Gasteiger partial charge in [0.2, 0.25) is 0 Å². The van der Waals surface area contributed by atoms with E-state index in [9.17, 15) is 23.3 Å². The molecule has 1 fully saturated rings. The molecule has 11 heteroatoms. The average molecular weight is 318 g/mol. The van der Waals surface area contributed by atoms with Crippen LogP contribution in [0.3, 0.4) is 0 Å². The summed E-state index contributed by atoms with van der Waals surface area (Å²) in [6, 6.07) is 5.54. The molecule has 0 spiro atoms. The van der Waals surface area contributed by atoms with Gasteiger partial charge in [-0.05, 0) is 6.07 Å². The highest BCUT2D eigenvalue weighted by atomic mass is 32.2. The molecule has 1 aromatic rings. The van der Waals surface area contributed by atoms with Gasteiger partial charge in [-0.15, -0.1) is 0 Å². The summed E-state index contributed by atoms with van der Waals surface area (Å²) in [5.41, 5.74) is -0.224. The number of carbonyl (C=O) groups excluding carboxylic acids is 1. The fourth-order valence-corrected chi connectivity index (χ4v) is 2.16. The molecular weight excluding hydrogens is 308 g/mol. The molecule has 1 aliphatic rings. The molecule has 2 rings (SSSR count). The first-order valence-corrected chi connectivity index (χ1v) is 7.03. The largest absolute Gasteiger partial charge is 0.509 e. The topological polar surface area (TPSA) is 148 Å². The van der Waals surface area contributed by atoms with Crippen LogP contribution in [0.15, 0.2) is 24.3 Å². The second-order valence-electron chi connectivity index (χ2n) is 4.04. The Morgan fingerprint density at radius 2 is 2.00 bits per heavy atom. The molecule has 2 atom stereocenters. The van der Waals surface area contributed by atoms with Gasteiger partial charge in [0.25, 0.3) is 5.69 Å². The number of rotatable bonds is 5. The number of nitrogens with two attached hydrogens (primary N) is 1. The van der Waals surface area contributed by atoms with Gasteiger partial charge in [0.15, 0.2) is 12.2 Å². The maximum atomic E-state index is 11.2. The van der Waals surface area contributed by atoms with Crippen molar-refractivity contribution in [2.45, 2.75) is 12.2 Å². The fraction of sp³-hybridized carbons (Fsp3) is 0.300. The minimum Gasteiger partial charge on any atom is -0.424 e. The molecule has 1 aliphatic heterocycles. The Kier molecular flexibility index (Phi) is 4.06. The second-order valence-corrected chi connectivity index (χ2v) is 5.26. The summed E-state index contributed by atoms with van der Waals surface area (Å²) < 4.78 is 35.4. The van der Waals surface area contributed by atoms with Crippen molar-refractivity contribution in [3.63, 3.8) is 0 Å². The van der Waals surface area contributed by atoms with Gasteiger partial charge < -0.3 is 9.47 Å². The van der Waals surface area contributed by atoms with E-state index in [1.165, 1.54) is 24.3 Å². The van der Waals surface area contributed by atoms with E-state index in [0.29, 0.717) is 0 Å². The van der Waals surface area contributed by atoms with Crippen LogP contribution in [-0.4, -0.2) is 32.2 Å². The van der Waals surface area contributed by atoms with Gasteiger partial charge in [0, 0.05) is 6.07 Å². The number of hydrogen-bond acceptors (Lipinski definition) is 8. The van der Waals surface area contributed by atoms with Crippen LogP contribution < -0.4 is 5.14 Å². The smallest absolute Gasteiger partial charge is 0.424 e. The molecule has 21 heavy (non-hydrogen) atoms. The Hall–Kier alpha value is -2.24. The van der Waals surface area contributed by atoms with Crippen molar-refractivity contribution in [2.24, 2.45) is 5.14 Å². The van der Waals surface area contributed by atoms with E-state index in [0.717, 1.165) is 0 Å². The van der Waals surface area contributed by atoms with E-state index in [-0.39, 0.29) is 11.3 Å². The van der Waals surface area contributed by atoms with Crippen LogP contribution in [-0.2, 0) is 24.0 Å². The molecule has 0 aromatic heterocycles.